The molecule has 0 spiro atoms. The van der Waals surface area contributed by atoms with Gasteiger partial charge in [-0.15, -0.1) is 0 Å². The van der Waals surface area contributed by atoms with Crippen molar-refractivity contribution in [1.82, 2.24) is 5.32 Å². The largest absolute Gasteiger partial charge is 0.404 e. The van der Waals surface area contributed by atoms with Gasteiger partial charge in [-0.2, -0.15) is 0 Å². The summed E-state index contributed by atoms with van der Waals surface area (Å²) in [7, 11) is -2.70. The van der Waals surface area contributed by atoms with E-state index in [-0.39, 0.29) is 34.7 Å². The van der Waals surface area contributed by atoms with E-state index in [9.17, 15) is 9.59 Å². The second-order valence-corrected chi connectivity index (χ2v) is 17.2. The number of rotatable bonds is 13. The van der Waals surface area contributed by atoms with Crippen LogP contribution in [0.15, 0.2) is 95.1 Å². The molecule has 0 saturated carbocycles. The van der Waals surface area contributed by atoms with E-state index in [2.05, 4.69) is 105 Å². The summed E-state index contributed by atoms with van der Waals surface area (Å²) in [6, 6.07) is 20.8. The normalized spacial score (nSPS) is 14.6. The van der Waals surface area contributed by atoms with Crippen molar-refractivity contribution in [1.29, 1.82) is 0 Å². The lowest BCUT2D eigenvalue weighted by atomic mass is 9.83. The molecule has 0 bridgehead atoms. The van der Waals surface area contributed by atoms with Gasteiger partial charge in [0.2, 0.25) is 5.91 Å². The van der Waals surface area contributed by atoms with Gasteiger partial charge >= 0.3 is 0 Å². The topological polar surface area (TPSA) is 55.4 Å². The first kappa shape index (κ1) is 33.9. The molecule has 0 unspecified atom stereocenters. The zero-order valence-electron chi connectivity index (χ0n) is 25.1. The van der Waals surface area contributed by atoms with E-state index in [1.807, 2.05) is 56.4 Å². The number of amides is 1. The lowest BCUT2D eigenvalue weighted by Gasteiger charge is -2.45. The highest BCUT2D eigenvalue weighted by Crippen LogP contribution is 2.38. The van der Waals surface area contributed by atoms with E-state index in [1.54, 1.807) is 4.08 Å². The van der Waals surface area contributed by atoms with Crippen LogP contribution in [0.25, 0.3) is 0 Å². The standard InChI is InChI=1S/C34H46INO3Si/c1-8-9-18-27(19-16-17-24-30(37)32(33(2,3)4)36-31(38)25-26-35)39-40(34(5,6)7,28-20-12-10-13-21-28)29-22-14-11-15-23-29/h8-17,20-23,25-27,32H,18-19,24H2,1-7H3,(H,36,38)/b9-8-,17-16-,26-25-/t27-,32+/m0/s1. The van der Waals surface area contributed by atoms with Crippen molar-refractivity contribution in [3.8, 4) is 0 Å². The molecule has 0 heterocycles. The molecular weight excluding hydrogens is 625 g/mol. The van der Waals surface area contributed by atoms with Gasteiger partial charge in [-0.1, -0.05) is 149 Å². The number of allylic oxidation sites excluding steroid dienone is 2. The van der Waals surface area contributed by atoms with Crippen LogP contribution in [-0.2, 0) is 14.0 Å². The Kier molecular flexibility index (Phi) is 13.3. The number of Topliss-reactive ketones (excluding diaryl/α,β-unsaturated/α-hetero) is 1. The zero-order valence-corrected chi connectivity index (χ0v) is 28.3. The Bertz CT molecular complexity index is 1120. The Balaban J connectivity index is 2.35. The first-order chi connectivity index (χ1) is 18.9. The third-order valence-corrected chi connectivity index (χ3v) is 12.4. The Labute approximate surface area is 256 Å². The van der Waals surface area contributed by atoms with Crippen LogP contribution in [0.5, 0.6) is 0 Å². The predicted octanol–water partition coefficient (Wildman–Crippen LogP) is 7.28. The Morgan fingerprint density at radius 2 is 1.40 bits per heavy atom. The van der Waals surface area contributed by atoms with Gasteiger partial charge < -0.3 is 9.74 Å². The van der Waals surface area contributed by atoms with Gasteiger partial charge in [-0.3, -0.25) is 9.59 Å². The van der Waals surface area contributed by atoms with E-state index in [0.717, 1.165) is 6.42 Å². The third-order valence-electron chi connectivity index (χ3n) is 6.97. The minimum atomic E-state index is -2.70. The zero-order chi connectivity index (χ0) is 29.8. The number of hydrogen-bond acceptors (Lipinski definition) is 3. The molecule has 2 atom stereocenters. The van der Waals surface area contributed by atoms with Crippen LogP contribution in [0, 0.1) is 5.41 Å². The van der Waals surface area contributed by atoms with Crippen molar-refractivity contribution in [3.63, 3.8) is 0 Å². The highest BCUT2D eigenvalue weighted by molar-refractivity contribution is 14.1. The Hall–Kier alpha value is -2.29. The van der Waals surface area contributed by atoms with Crippen LogP contribution in [0.2, 0.25) is 5.04 Å². The van der Waals surface area contributed by atoms with E-state index in [1.165, 1.54) is 16.4 Å². The number of carbonyl (C=O) groups excluding carboxylic acids is 2. The van der Waals surface area contributed by atoms with E-state index in [4.69, 9.17) is 4.43 Å². The summed E-state index contributed by atoms with van der Waals surface area (Å²) in [4.78, 5) is 25.3. The molecule has 0 fully saturated rings. The monoisotopic (exact) mass is 671 g/mol. The SMILES string of the molecule is C/C=C\C[C@@H](C/C=C\CC(=O)[C@@H](NC(=O)/C=C\I)C(C)(C)C)O[Si](c1ccccc1)(c1ccccc1)C(C)(C)C. The number of halogens is 1. The maximum absolute atomic E-state index is 13.1. The highest BCUT2D eigenvalue weighted by Gasteiger charge is 2.51. The Morgan fingerprint density at radius 1 is 0.875 bits per heavy atom. The number of nitrogens with one attached hydrogen (secondary N) is 1. The number of carbonyl (C=O) groups is 2. The molecule has 1 N–H and O–H groups in total. The minimum Gasteiger partial charge on any atom is -0.404 e. The van der Waals surface area contributed by atoms with E-state index >= 15 is 0 Å². The molecule has 6 heteroatoms. The van der Waals surface area contributed by atoms with Crippen molar-refractivity contribution < 1.29 is 14.0 Å². The maximum atomic E-state index is 13.1. The first-order valence-corrected chi connectivity index (χ1v) is 17.2. The summed E-state index contributed by atoms with van der Waals surface area (Å²) < 4.78 is 9.00. The number of benzene rings is 2. The number of ketones is 1. The summed E-state index contributed by atoms with van der Waals surface area (Å²) in [6.07, 6.45) is 11.3. The van der Waals surface area contributed by atoms with Gasteiger partial charge in [0.15, 0.2) is 5.78 Å². The maximum Gasteiger partial charge on any atom is 0.261 e. The molecule has 0 saturated heterocycles. The molecule has 0 radical (unpaired) electrons. The summed E-state index contributed by atoms with van der Waals surface area (Å²) in [5.41, 5.74) is -0.388. The fraction of sp³-hybridized carbons (Fsp3) is 0.412. The Morgan fingerprint density at radius 3 is 1.85 bits per heavy atom. The average molecular weight is 672 g/mol. The molecule has 2 aromatic rings. The van der Waals surface area contributed by atoms with Crippen LogP contribution in [0.4, 0.5) is 0 Å². The van der Waals surface area contributed by atoms with Crippen molar-refractivity contribution in [2.75, 3.05) is 0 Å². The smallest absolute Gasteiger partial charge is 0.261 e. The highest BCUT2D eigenvalue weighted by atomic mass is 127. The number of hydrogen-bond donors (Lipinski definition) is 1. The van der Waals surface area contributed by atoms with Crippen molar-refractivity contribution in [2.45, 2.75) is 84.9 Å². The van der Waals surface area contributed by atoms with Gasteiger partial charge in [0.1, 0.15) is 0 Å². The molecular formula is C34H46INO3Si. The van der Waals surface area contributed by atoms with Crippen LogP contribution >= 0.6 is 22.6 Å². The molecule has 0 aliphatic heterocycles. The predicted molar refractivity (Wildman–Crippen MR) is 180 cm³/mol. The molecule has 2 aromatic carbocycles. The van der Waals surface area contributed by atoms with E-state index < -0.39 is 14.4 Å². The molecule has 0 aliphatic carbocycles. The molecule has 40 heavy (non-hydrogen) atoms. The molecule has 0 aromatic heterocycles. The van der Waals surface area contributed by atoms with Crippen LogP contribution in [-0.4, -0.2) is 32.2 Å². The molecule has 2 rings (SSSR count). The fourth-order valence-electron chi connectivity index (χ4n) is 5.01. The summed E-state index contributed by atoms with van der Waals surface area (Å²) in [6.45, 7) is 14.8. The van der Waals surface area contributed by atoms with Crippen LogP contribution in [0.3, 0.4) is 0 Å². The fourth-order valence-corrected chi connectivity index (χ4v) is 10.0. The summed E-state index contributed by atoms with van der Waals surface area (Å²) in [5.74, 6) is -0.256. The third kappa shape index (κ3) is 9.38. The summed E-state index contributed by atoms with van der Waals surface area (Å²) in [5, 5.41) is 5.26. The van der Waals surface area contributed by atoms with Gasteiger partial charge in [-0.25, -0.2) is 0 Å². The quantitative estimate of drug-likeness (QED) is 0.105. The van der Waals surface area contributed by atoms with Gasteiger partial charge in [0, 0.05) is 12.5 Å². The second kappa shape index (κ2) is 15.6. The van der Waals surface area contributed by atoms with Gasteiger partial charge in [0.25, 0.3) is 8.32 Å². The molecule has 4 nitrogen and oxygen atoms in total. The second-order valence-electron chi connectivity index (χ2n) is 12.2. The van der Waals surface area contributed by atoms with Crippen LogP contribution < -0.4 is 15.7 Å². The van der Waals surface area contributed by atoms with Crippen LogP contribution in [0.1, 0.15) is 67.7 Å². The molecule has 1 amide bonds. The van der Waals surface area contributed by atoms with E-state index in [0.29, 0.717) is 6.42 Å². The van der Waals surface area contributed by atoms with Crippen molar-refractivity contribution >= 4 is 53.0 Å². The summed E-state index contributed by atoms with van der Waals surface area (Å²) >= 11 is 2.00. The molecule has 0 aliphatic rings. The van der Waals surface area contributed by atoms with Gasteiger partial charge in [0.05, 0.1) is 12.1 Å². The minimum absolute atomic E-state index is 0.00290. The lowest BCUT2D eigenvalue weighted by molar-refractivity contribution is -0.127. The van der Waals surface area contributed by atoms with Crippen molar-refractivity contribution in [2.24, 2.45) is 5.41 Å². The van der Waals surface area contributed by atoms with Gasteiger partial charge in [-0.05, 0) is 44.7 Å². The lowest BCUT2D eigenvalue weighted by Crippen LogP contribution is -2.67. The first-order valence-electron chi connectivity index (χ1n) is 14.0. The van der Waals surface area contributed by atoms with Crippen molar-refractivity contribution in [3.05, 3.63) is 95.1 Å². The molecule has 216 valence electrons. The average Bonchev–Trinajstić information content (AvgIpc) is 2.90.